The maximum atomic E-state index is 13.5. The summed E-state index contributed by atoms with van der Waals surface area (Å²) in [7, 11) is 0. The van der Waals surface area contributed by atoms with Gasteiger partial charge >= 0.3 is 6.03 Å². The van der Waals surface area contributed by atoms with Crippen molar-refractivity contribution < 1.29 is 18.7 Å². The summed E-state index contributed by atoms with van der Waals surface area (Å²) in [6, 6.07) is 11.4. The molecule has 0 aromatic heterocycles. The fourth-order valence-electron chi connectivity index (χ4n) is 2.33. The first kappa shape index (κ1) is 17.9. The number of rotatable bonds is 6. The first-order chi connectivity index (χ1) is 11.5. The number of benzene rings is 2. The van der Waals surface area contributed by atoms with Crippen molar-refractivity contribution in [3.8, 4) is 0 Å². The minimum atomic E-state index is -0.692. The van der Waals surface area contributed by atoms with Gasteiger partial charge in [-0.3, -0.25) is 0 Å². The predicted molar refractivity (Wildman–Crippen MR) is 87.2 cm³/mol. The third kappa shape index (κ3) is 5.31. The number of carbonyl (C=O) groups excluding carboxylic acids is 1. The summed E-state index contributed by atoms with van der Waals surface area (Å²) in [6.07, 6.45) is -0.353. The molecule has 0 aliphatic heterocycles. The number of aliphatic hydroxyl groups is 1. The molecule has 0 bridgehead atoms. The summed E-state index contributed by atoms with van der Waals surface area (Å²) in [5, 5.41) is 15.2. The third-order valence-corrected chi connectivity index (χ3v) is 3.59. The molecule has 128 valence electrons. The smallest absolute Gasteiger partial charge is 0.315 e. The minimum absolute atomic E-state index is 0.0714. The standard InChI is InChI=1S/C18H20F2N2O2/c1-12(9-17(23)13-5-3-2-4-6-13)22-18(24)21-11-14-10-15(19)7-8-16(14)20/h2-8,10,12,17,23H,9,11H2,1H3,(H2,21,22,24). The Balaban J connectivity index is 1.80. The van der Waals surface area contributed by atoms with Crippen molar-refractivity contribution in [2.45, 2.75) is 32.0 Å². The van der Waals surface area contributed by atoms with Gasteiger partial charge in [0, 0.05) is 18.2 Å². The first-order valence-electron chi connectivity index (χ1n) is 7.67. The highest BCUT2D eigenvalue weighted by atomic mass is 19.1. The summed E-state index contributed by atoms with van der Waals surface area (Å²) < 4.78 is 26.5. The van der Waals surface area contributed by atoms with Gasteiger partial charge in [-0.15, -0.1) is 0 Å². The monoisotopic (exact) mass is 334 g/mol. The number of urea groups is 1. The van der Waals surface area contributed by atoms with Crippen molar-refractivity contribution in [3.63, 3.8) is 0 Å². The maximum absolute atomic E-state index is 13.5. The van der Waals surface area contributed by atoms with Gasteiger partial charge in [-0.05, 0) is 37.1 Å². The Hall–Kier alpha value is -2.47. The molecule has 24 heavy (non-hydrogen) atoms. The second-order valence-corrected chi connectivity index (χ2v) is 5.63. The van der Waals surface area contributed by atoms with E-state index >= 15 is 0 Å². The fraction of sp³-hybridized carbons (Fsp3) is 0.278. The molecule has 2 rings (SSSR count). The normalized spacial score (nSPS) is 13.2. The van der Waals surface area contributed by atoms with E-state index in [-0.39, 0.29) is 18.2 Å². The number of carbonyl (C=O) groups is 1. The molecule has 2 amide bonds. The summed E-state index contributed by atoms with van der Waals surface area (Å²) >= 11 is 0. The number of aliphatic hydroxyl groups excluding tert-OH is 1. The van der Waals surface area contributed by atoms with Crippen LogP contribution < -0.4 is 10.6 Å². The lowest BCUT2D eigenvalue weighted by molar-refractivity contribution is 0.154. The summed E-state index contributed by atoms with van der Waals surface area (Å²) in [5.74, 6) is -1.14. The highest BCUT2D eigenvalue weighted by Gasteiger charge is 2.14. The van der Waals surface area contributed by atoms with Gasteiger partial charge in [0.2, 0.25) is 0 Å². The van der Waals surface area contributed by atoms with Gasteiger partial charge in [0.1, 0.15) is 11.6 Å². The number of nitrogens with one attached hydrogen (secondary N) is 2. The van der Waals surface area contributed by atoms with E-state index in [9.17, 15) is 18.7 Å². The summed E-state index contributed by atoms with van der Waals surface area (Å²) in [6.45, 7) is 1.64. The second-order valence-electron chi connectivity index (χ2n) is 5.63. The van der Waals surface area contributed by atoms with Gasteiger partial charge in [-0.25, -0.2) is 13.6 Å². The van der Waals surface area contributed by atoms with Gasteiger partial charge in [-0.1, -0.05) is 30.3 Å². The van der Waals surface area contributed by atoms with Crippen LogP contribution in [0.1, 0.15) is 30.6 Å². The molecule has 0 aliphatic rings. The molecule has 2 aromatic rings. The van der Waals surface area contributed by atoms with E-state index in [4.69, 9.17) is 0 Å². The molecule has 0 spiro atoms. The molecular weight excluding hydrogens is 314 g/mol. The topological polar surface area (TPSA) is 61.4 Å². The Kier molecular flexibility index (Phi) is 6.26. The fourth-order valence-corrected chi connectivity index (χ4v) is 2.33. The molecule has 2 aromatic carbocycles. The minimum Gasteiger partial charge on any atom is -0.388 e. The molecule has 0 saturated carbocycles. The third-order valence-electron chi connectivity index (χ3n) is 3.59. The van der Waals surface area contributed by atoms with Crippen LogP contribution in [0.3, 0.4) is 0 Å². The summed E-state index contributed by atoms with van der Waals surface area (Å²) in [4.78, 5) is 11.8. The van der Waals surface area contributed by atoms with Crippen molar-refractivity contribution in [1.29, 1.82) is 0 Å². The van der Waals surface area contributed by atoms with E-state index < -0.39 is 23.8 Å². The van der Waals surface area contributed by atoms with Crippen molar-refractivity contribution in [1.82, 2.24) is 10.6 Å². The van der Waals surface area contributed by atoms with E-state index in [2.05, 4.69) is 10.6 Å². The maximum Gasteiger partial charge on any atom is 0.315 e. The summed E-state index contributed by atoms with van der Waals surface area (Å²) in [5.41, 5.74) is 0.843. The van der Waals surface area contributed by atoms with Crippen LogP contribution in [0.25, 0.3) is 0 Å². The molecule has 2 unspecified atom stereocenters. The van der Waals surface area contributed by atoms with Crippen LogP contribution in [0.5, 0.6) is 0 Å². The van der Waals surface area contributed by atoms with Gasteiger partial charge < -0.3 is 15.7 Å². The van der Waals surface area contributed by atoms with Gasteiger partial charge in [0.25, 0.3) is 0 Å². The van der Waals surface area contributed by atoms with Gasteiger partial charge in [0.15, 0.2) is 0 Å². The number of hydrogen-bond donors (Lipinski definition) is 3. The van der Waals surface area contributed by atoms with Crippen LogP contribution in [-0.2, 0) is 6.54 Å². The van der Waals surface area contributed by atoms with Crippen molar-refractivity contribution in [3.05, 3.63) is 71.3 Å². The average molecular weight is 334 g/mol. The van der Waals surface area contributed by atoms with Crippen LogP contribution in [0.4, 0.5) is 13.6 Å². The van der Waals surface area contributed by atoms with Gasteiger partial charge in [-0.2, -0.15) is 0 Å². The highest BCUT2D eigenvalue weighted by Crippen LogP contribution is 2.17. The zero-order valence-electron chi connectivity index (χ0n) is 13.3. The Bertz CT molecular complexity index is 680. The number of halogens is 2. The molecule has 2 atom stereocenters. The van der Waals surface area contributed by atoms with Gasteiger partial charge in [0.05, 0.1) is 6.10 Å². The van der Waals surface area contributed by atoms with E-state index in [0.717, 1.165) is 23.8 Å². The second kappa shape index (κ2) is 8.40. The predicted octanol–water partition coefficient (Wildman–Crippen LogP) is 3.28. The molecule has 0 aliphatic carbocycles. The van der Waals surface area contributed by atoms with Crippen LogP contribution >= 0.6 is 0 Å². The quantitative estimate of drug-likeness (QED) is 0.759. The van der Waals surface area contributed by atoms with E-state index in [0.29, 0.717) is 6.42 Å². The molecule has 6 heteroatoms. The van der Waals surface area contributed by atoms with Crippen LogP contribution in [-0.4, -0.2) is 17.2 Å². The Labute approximate surface area is 139 Å². The lowest BCUT2D eigenvalue weighted by Crippen LogP contribution is -2.41. The molecule has 0 heterocycles. The lowest BCUT2D eigenvalue weighted by Gasteiger charge is -2.18. The van der Waals surface area contributed by atoms with Crippen LogP contribution in [0.15, 0.2) is 48.5 Å². The molecule has 0 saturated heterocycles. The zero-order chi connectivity index (χ0) is 17.5. The zero-order valence-corrected chi connectivity index (χ0v) is 13.3. The Morgan fingerprint density at radius 1 is 1.17 bits per heavy atom. The van der Waals surface area contributed by atoms with E-state index in [1.54, 1.807) is 6.92 Å². The van der Waals surface area contributed by atoms with Crippen LogP contribution in [0, 0.1) is 11.6 Å². The molecule has 0 fully saturated rings. The molecule has 0 radical (unpaired) electrons. The molecule has 4 nitrogen and oxygen atoms in total. The molecule has 3 N–H and O–H groups in total. The largest absolute Gasteiger partial charge is 0.388 e. The Morgan fingerprint density at radius 2 is 1.88 bits per heavy atom. The first-order valence-corrected chi connectivity index (χ1v) is 7.67. The SMILES string of the molecule is CC(CC(O)c1ccccc1)NC(=O)NCc1cc(F)ccc1F. The van der Waals surface area contributed by atoms with E-state index in [1.807, 2.05) is 30.3 Å². The number of hydrogen-bond acceptors (Lipinski definition) is 2. The van der Waals surface area contributed by atoms with Crippen molar-refractivity contribution in [2.24, 2.45) is 0 Å². The Morgan fingerprint density at radius 3 is 2.58 bits per heavy atom. The highest BCUT2D eigenvalue weighted by molar-refractivity contribution is 5.74. The van der Waals surface area contributed by atoms with Crippen LogP contribution in [0.2, 0.25) is 0 Å². The molecular formula is C18H20F2N2O2. The van der Waals surface area contributed by atoms with Crippen molar-refractivity contribution in [2.75, 3.05) is 0 Å². The number of amides is 2. The lowest BCUT2D eigenvalue weighted by atomic mass is 10.0. The average Bonchev–Trinajstić information content (AvgIpc) is 2.56. The van der Waals surface area contributed by atoms with E-state index in [1.165, 1.54) is 0 Å². The van der Waals surface area contributed by atoms with Crippen molar-refractivity contribution >= 4 is 6.03 Å².